The zero-order valence-corrected chi connectivity index (χ0v) is 11.9. The Kier molecular flexibility index (Phi) is 4.36. The molecule has 0 bridgehead atoms. The van der Waals surface area contributed by atoms with Crippen LogP contribution in [0.15, 0.2) is 29.2 Å². The van der Waals surface area contributed by atoms with Gasteiger partial charge in [-0.3, -0.25) is 9.59 Å². The predicted molar refractivity (Wildman–Crippen MR) is 76.4 cm³/mol. The fourth-order valence-electron chi connectivity index (χ4n) is 1.56. The normalized spacial score (nSPS) is 10.3. The van der Waals surface area contributed by atoms with Crippen LogP contribution in [0, 0.1) is 0 Å². The molecule has 1 N–H and O–H groups in total. The van der Waals surface area contributed by atoms with Crippen molar-refractivity contribution in [3.05, 3.63) is 50.6 Å². The highest BCUT2D eigenvalue weighted by atomic mass is 35.5. The molecular weight excluding hydrogens is 303 g/mol. The number of pyridine rings is 1. The lowest BCUT2D eigenvalue weighted by molar-refractivity contribution is 0.102. The zero-order chi connectivity index (χ0) is 14.7. The number of aromatic nitrogens is 3. The molecule has 104 valence electrons. The molecule has 1 amide bonds. The Balaban J connectivity index is 2.28. The lowest BCUT2D eigenvalue weighted by Crippen LogP contribution is -2.20. The lowest BCUT2D eigenvalue weighted by Gasteiger charge is -2.08. The molecule has 0 aliphatic carbocycles. The predicted octanol–water partition coefficient (Wildman–Crippen LogP) is 2.22. The molecule has 0 saturated heterocycles. The number of carbonyl (C=O) groups excluding carboxylic acids is 1. The van der Waals surface area contributed by atoms with Gasteiger partial charge in [-0.2, -0.15) is 0 Å². The van der Waals surface area contributed by atoms with Crippen molar-refractivity contribution in [1.82, 2.24) is 14.8 Å². The Morgan fingerprint density at radius 1 is 1.35 bits per heavy atom. The molecule has 0 unspecified atom stereocenters. The summed E-state index contributed by atoms with van der Waals surface area (Å²) < 4.78 is 1.47. The van der Waals surface area contributed by atoms with Crippen LogP contribution in [0.1, 0.15) is 17.3 Å². The minimum absolute atomic E-state index is 0.0456. The van der Waals surface area contributed by atoms with Gasteiger partial charge < -0.3 is 9.88 Å². The van der Waals surface area contributed by atoms with Crippen molar-refractivity contribution in [1.29, 1.82) is 0 Å². The van der Waals surface area contributed by atoms with Crippen molar-refractivity contribution < 1.29 is 4.79 Å². The number of aryl methyl sites for hydroxylation is 1. The molecule has 0 aromatic carbocycles. The summed E-state index contributed by atoms with van der Waals surface area (Å²) in [6, 6.07) is 4.21. The van der Waals surface area contributed by atoms with Crippen LogP contribution in [0.4, 0.5) is 5.69 Å². The summed E-state index contributed by atoms with van der Waals surface area (Å²) in [5.74, 6) is -0.479. The molecule has 0 aliphatic rings. The Bertz CT molecular complexity index is 715. The van der Waals surface area contributed by atoms with Gasteiger partial charge in [-0.25, -0.2) is 0 Å². The van der Waals surface area contributed by atoms with E-state index in [2.05, 4.69) is 15.5 Å². The zero-order valence-electron chi connectivity index (χ0n) is 10.4. The molecule has 2 heterocycles. The van der Waals surface area contributed by atoms with Crippen LogP contribution < -0.4 is 10.9 Å². The third-order valence-corrected chi connectivity index (χ3v) is 3.01. The van der Waals surface area contributed by atoms with Gasteiger partial charge in [0.1, 0.15) is 0 Å². The molecule has 2 aromatic heterocycles. The van der Waals surface area contributed by atoms with Gasteiger partial charge in [0, 0.05) is 18.8 Å². The number of nitrogens with zero attached hydrogens (tertiary/aromatic N) is 3. The van der Waals surface area contributed by atoms with Gasteiger partial charge in [0.25, 0.3) is 11.5 Å². The van der Waals surface area contributed by atoms with E-state index in [9.17, 15) is 9.59 Å². The van der Waals surface area contributed by atoms with E-state index in [-0.39, 0.29) is 21.4 Å². The molecule has 2 aromatic rings. The fourth-order valence-corrected chi connectivity index (χ4v) is 1.89. The van der Waals surface area contributed by atoms with Crippen LogP contribution in [-0.4, -0.2) is 20.7 Å². The Morgan fingerprint density at radius 2 is 2.10 bits per heavy atom. The largest absolute Gasteiger partial charge is 0.321 e. The average molecular weight is 313 g/mol. The van der Waals surface area contributed by atoms with Gasteiger partial charge in [-0.1, -0.05) is 23.2 Å². The highest BCUT2D eigenvalue weighted by molar-refractivity contribution is 6.34. The second kappa shape index (κ2) is 6.02. The second-order valence-electron chi connectivity index (χ2n) is 3.87. The smallest absolute Gasteiger partial charge is 0.259 e. The summed E-state index contributed by atoms with van der Waals surface area (Å²) in [5, 5.41) is 9.72. The summed E-state index contributed by atoms with van der Waals surface area (Å²) in [6.07, 6.45) is 1.55. The molecule has 6 nitrogen and oxygen atoms in total. The van der Waals surface area contributed by atoms with E-state index in [1.54, 1.807) is 6.20 Å². The third kappa shape index (κ3) is 3.15. The first-order valence-electron chi connectivity index (χ1n) is 5.72. The molecule has 0 spiro atoms. The molecule has 20 heavy (non-hydrogen) atoms. The minimum atomic E-state index is -0.479. The number of carbonyl (C=O) groups is 1. The van der Waals surface area contributed by atoms with Crippen molar-refractivity contribution in [2.45, 2.75) is 13.5 Å². The van der Waals surface area contributed by atoms with Crippen LogP contribution >= 0.6 is 23.2 Å². The summed E-state index contributed by atoms with van der Waals surface area (Å²) in [4.78, 5) is 23.5. The fraction of sp³-hybridized carbons (Fsp3) is 0.167. The lowest BCUT2D eigenvalue weighted by atomic mass is 10.3. The average Bonchev–Trinajstić information content (AvgIpc) is 2.43. The monoisotopic (exact) mass is 312 g/mol. The number of rotatable bonds is 3. The SMILES string of the molecule is CCn1cc(NC(=O)c2cc(Cl)nnc2Cl)ccc1=O. The van der Waals surface area contributed by atoms with E-state index in [4.69, 9.17) is 23.2 Å². The minimum Gasteiger partial charge on any atom is -0.321 e. The van der Waals surface area contributed by atoms with Crippen LogP contribution in [0.2, 0.25) is 10.3 Å². The van der Waals surface area contributed by atoms with Crippen molar-refractivity contribution in [3.8, 4) is 0 Å². The van der Waals surface area contributed by atoms with Crippen molar-refractivity contribution >= 4 is 34.8 Å². The Labute approximate surface area is 124 Å². The standard InChI is InChI=1S/C12H10Cl2N4O2/c1-2-18-6-7(3-4-10(18)19)15-12(20)8-5-9(13)16-17-11(8)14/h3-6H,2H2,1H3,(H,15,20). The highest BCUT2D eigenvalue weighted by Crippen LogP contribution is 2.17. The summed E-state index contributed by atoms with van der Waals surface area (Å²) in [5.41, 5.74) is 0.443. The van der Waals surface area contributed by atoms with Crippen LogP contribution in [0.25, 0.3) is 0 Å². The molecule has 2 rings (SSSR count). The summed E-state index contributed by atoms with van der Waals surface area (Å²) >= 11 is 11.5. The van der Waals surface area contributed by atoms with E-state index in [1.807, 2.05) is 6.92 Å². The van der Waals surface area contributed by atoms with E-state index in [0.29, 0.717) is 12.2 Å². The number of hydrogen-bond donors (Lipinski definition) is 1. The highest BCUT2D eigenvalue weighted by Gasteiger charge is 2.13. The van der Waals surface area contributed by atoms with Gasteiger partial charge >= 0.3 is 0 Å². The Morgan fingerprint density at radius 3 is 2.80 bits per heavy atom. The van der Waals surface area contributed by atoms with Crippen LogP contribution in [0.3, 0.4) is 0 Å². The molecular formula is C12H10Cl2N4O2. The molecule has 8 heteroatoms. The maximum absolute atomic E-state index is 12.1. The third-order valence-electron chi connectivity index (χ3n) is 2.55. The first kappa shape index (κ1) is 14.5. The van der Waals surface area contributed by atoms with Gasteiger partial charge in [0.15, 0.2) is 10.3 Å². The van der Waals surface area contributed by atoms with E-state index < -0.39 is 5.91 Å². The van der Waals surface area contributed by atoms with Crippen LogP contribution in [0.5, 0.6) is 0 Å². The molecule has 0 radical (unpaired) electrons. The van der Waals surface area contributed by atoms with Crippen molar-refractivity contribution in [3.63, 3.8) is 0 Å². The molecule has 0 saturated carbocycles. The van der Waals surface area contributed by atoms with Gasteiger partial charge in [0.05, 0.1) is 11.3 Å². The second-order valence-corrected chi connectivity index (χ2v) is 4.61. The van der Waals surface area contributed by atoms with E-state index >= 15 is 0 Å². The quantitative estimate of drug-likeness (QED) is 0.942. The first-order valence-corrected chi connectivity index (χ1v) is 6.47. The van der Waals surface area contributed by atoms with E-state index in [0.717, 1.165) is 0 Å². The Hall–Kier alpha value is -1.92. The number of amides is 1. The molecule has 0 aliphatic heterocycles. The summed E-state index contributed by atoms with van der Waals surface area (Å²) in [6.45, 7) is 2.34. The van der Waals surface area contributed by atoms with Crippen molar-refractivity contribution in [2.75, 3.05) is 5.32 Å². The topological polar surface area (TPSA) is 76.9 Å². The molecule has 0 atom stereocenters. The molecule has 0 fully saturated rings. The summed E-state index contributed by atoms with van der Waals surface area (Å²) in [7, 11) is 0. The van der Waals surface area contributed by atoms with Crippen LogP contribution in [-0.2, 0) is 6.54 Å². The van der Waals surface area contributed by atoms with Gasteiger partial charge in [-0.05, 0) is 19.1 Å². The van der Waals surface area contributed by atoms with Gasteiger partial charge in [0.2, 0.25) is 0 Å². The number of nitrogens with one attached hydrogen (secondary N) is 1. The first-order chi connectivity index (χ1) is 9.51. The number of anilines is 1. The number of hydrogen-bond acceptors (Lipinski definition) is 4. The maximum Gasteiger partial charge on any atom is 0.259 e. The van der Waals surface area contributed by atoms with Gasteiger partial charge in [-0.15, -0.1) is 10.2 Å². The number of halogens is 2. The maximum atomic E-state index is 12.1. The van der Waals surface area contributed by atoms with E-state index in [1.165, 1.54) is 22.8 Å². The van der Waals surface area contributed by atoms with Crippen molar-refractivity contribution in [2.24, 2.45) is 0 Å².